The molecule has 1 aromatic carbocycles. The summed E-state index contributed by atoms with van der Waals surface area (Å²) in [4.78, 5) is 9.62. The lowest BCUT2D eigenvalue weighted by atomic mass is 10.2. The molecule has 0 aromatic heterocycles. The Morgan fingerprint density at radius 2 is 1.94 bits per heavy atom. The molecule has 1 aliphatic carbocycles. The summed E-state index contributed by atoms with van der Waals surface area (Å²) in [5, 5.41) is 10.5. The molecule has 0 aliphatic heterocycles. The number of ether oxygens (including phenoxy) is 1. The van der Waals surface area contributed by atoms with E-state index >= 15 is 0 Å². The highest BCUT2D eigenvalue weighted by molar-refractivity contribution is 5.41. The highest BCUT2D eigenvalue weighted by atomic mass is 19.1. The summed E-state index contributed by atoms with van der Waals surface area (Å²) in [6.45, 7) is 0. The zero-order chi connectivity index (χ0) is 12.4. The van der Waals surface area contributed by atoms with Gasteiger partial charge in [-0.1, -0.05) is 0 Å². The first-order chi connectivity index (χ1) is 8.09. The van der Waals surface area contributed by atoms with Gasteiger partial charge < -0.3 is 4.74 Å². The zero-order valence-electron chi connectivity index (χ0n) is 8.99. The monoisotopic (exact) mass is 243 g/mol. The Bertz CT molecular complexity index is 445. The van der Waals surface area contributed by atoms with Crippen LogP contribution in [0.25, 0.3) is 0 Å². The molecular formula is C11H11F2NO3. The summed E-state index contributed by atoms with van der Waals surface area (Å²) < 4.78 is 32.2. The van der Waals surface area contributed by atoms with Gasteiger partial charge in [-0.15, -0.1) is 0 Å². The van der Waals surface area contributed by atoms with Crippen molar-refractivity contribution in [3.8, 4) is 5.75 Å². The molecule has 0 N–H and O–H groups in total. The number of nitro groups is 1. The van der Waals surface area contributed by atoms with Crippen LogP contribution in [-0.4, -0.2) is 11.0 Å². The number of halogens is 2. The Labute approximate surface area is 96.3 Å². The average molecular weight is 243 g/mol. The molecular weight excluding hydrogens is 232 g/mol. The second kappa shape index (κ2) is 4.65. The molecule has 0 bridgehead atoms. The maximum absolute atomic E-state index is 13.6. The van der Waals surface area contributed by atoms with Crippen molar-refractivity contribution in [1.29, 1.82) is 0 Å². The first-order valence-corrected chi connectivity index (χ1v) is 5.38. The van der Waals surface area contributed by atoms with Crippen LogP contribution in [0.15, 0.2) is 12.1 Å². The second-order valence-corrected chi connectivity index (χ2v) is 3.99. The predicted octanol–water partition coefficient (Wildman–Crippen LogP) is 3.19. The maximum atomic E-state index is 13.6. The first-order valence-electron chi connectivity index (χ1n) is 5.38. The number of nitrogens with zero attached hydrogens (tertiary/aromatic N) is 1. The number of nitro benzene ring substituents is 1. The maximum Gasteiger partial charge on any atom is 0.308 e. The molecule has 1 fully saturated rings. The lowest BCUT2D eigenvalue weighted by Gasteiger charge is -2.13. The fraction of sp³-hybridized carbons (Fsp3) is 0.455. The molecule has 0 radical (unpaired) electrons. The number of hydrogen-bond donors (Lipinski definition) is 0. The third kappa shape index (κ3) is 2.35. The van der Waals surface area contributed by atoms with E-state index < -0.39 is 28.0 Å². The molecule has 1 aliphatic rings. The van der Waals surface area contributed by atoms with Crippen molar-refractivity contribution in [3.05, 3.63) is 33.9 Å². The van der Waals surface area contributed by atoms with Crippen LogP contribution in [0.4, 0.5) is 14.5 Å². The minimum atomic E-state index is -1.23. The van der Waals surface area contributed by atoms with Crippen molar-refractivity contribution in [2.24, 2.45) is 0 Å². The van der Waals surface area contributed by atoms with E-state index in [4.69, 9.17) is 4.74 Å². The standard InChI is InChI=1S/C11H11F2NO3/c12-8-5-6-9(14(15)16)10(13)11(8)17-7-3-1-2-4-7/h5-7H,1-4H2. The summed E-state index contributed by atoms with van der Waals surface area (Å²) in [6.07, 6.45) is 3.09. The van der Waals surface area contributed by atoms with Crippen LogP contribution in [0.2, 0.25) is 0 Å². The molecule has 17 heavy (non-hydrogen) atoms. The second-order valence-electron chi connectivity index (χ2n) is 3.99. The van der Waals surface area contributed by atoms with Gasteiger partial charge in [-0.05, 0) is 31.7 Å². The van der Waals surface area contributed by atoms with Crippen LogP contribution in [0, 0.1) is 21.7 Å². The molecule has 0 saturated heterocycles. The van der Waals surface area contributed by atoms with Crippen LogP contribution in [0.3, 0.4) is 0 Å². The van der Waals surface area contributed by atoms with E-state index in [0.29, 0.717) is 0 Å². The fourth-order valence-electron chi connectivity index (χ4n) is 1.94. The average Bonchev–Trinajstić information content (AvgIpc) is 2.76. The fourth-order valence-corrected chi connectivity index (χ4v) is 1.94. The van der Waals surface area contributed by atoms with Gasteiger partial charge in [0.15, 0.2) is 11.6 Å². The summed E-state index contributed by atoms with van der Waals surface area (Å²) in [5.41, 5.74) is -0.764. The van der Waals surface area contributed by atoms with Crippen molar-refractivity contribution in [2.75, 3.05) is 0 Å². The van der Waals surface area contributed by atoms with E-state index in [9.17, 15) is 18.9 Å². The lowest BCUT2D eigenvalue weighted by Crippen LogP contribution is -2.13. The van der Waals surface area contributed by atoms with Gasteiger partial charge in [0.25, 0.3) is 0 Å². The first kappa shape index (κ1) is 11.8. The minimum Gasteiger partial charge on any atom is -0.484 e. The summed E-state index contributed by atoms with van der Waals surface area (Å²) in [6, 6.07) is 1.65. The molecule has 0 atom stereocenters. The number of rotatable bonds is 3. The Morgan fingerprint density at radius 3 is 2.53 bits per heavy atom. The van der Waals surface area contributed by atoms with Crippen molar-refractivity contribution in [2.45, 2.75) is 31.8 Å². The van der Waals surface area contributed by atoms with Crippen LogP contribution in [0.5, 0.6) is 5.75 Å². The Balaban J connectivity index is 2.30. The SMILES string of the molecule is O=[N+]([O-])c1ccc(F)c(OC2CCCC2)c1F. The van der Waals surface area contributed by atoms with E-state index in [1.807, 2.05) is 0 Å². The van der Waals surface area contributed by atoms with Gasteiger partial charge >= 0.3 is 5.69 Å². The van der Waals surface area contributed by atoms with E-state index in [2.05, 4.69) is 0 Å². The summed E-state index contributed by atoms with van der Waals surface area (Å²) >= 11 is 0. The van der Waals surface area contributed by atoms with Crippen molar-refractivity contribution in [3.63, 3.8) is 0 Å². The van der Waals surface area contributed by atoms with Gasteiger partial charge in [-0.25, -0.2) is 4.39 Å². The van der Waals surface area contributed by atoms with Crippen LogP contribution in [0.1, 0.15) is 25.7 Å². The molecule has 2 rings (SSSR count). The molecule has 1 saturated carbocycles. The summed E-state index contributed by atoms with van der Waals surface area (Å²) in [5.74, 6) is -2.77. The third-order valence-corrected chi connectivity index (χ3v) is 2.81. The number of hydrogen-bond acceptors (Lipinski definition) is 3. The normalized spacial score (nSPS) is 16.1. The third-order valence-electron chi connectivity index (χ3n) is 2.81. The Morgan fingerprint density at radius 1 is 1.29 bits per heavy atom. The van der Waals surface area contributed by atoms with E-state index in [1.54, 1.807) is 0 Å². The summed E-state index contributed by atoms with van der Waals surface area (Å²) in [7, 11) is 0. The van der Waals surface area contributed by atoms with Crippen LogP contribution >= 0.6 is 0 Å². The molecule has 1 aromatic rings. The van der Waals surface area contributed by atoms with Gasteiger partial charge in [0, 0.05) is 6.07 Å². The van der Waals surface area contributed by atoms with Gasteiger partial charge in [0.1, 0.15) is 0 Å². The van der Waals surface area contributed by atoms with Crippen molar-refractivity contribution >= 4 is 5.69 Å². The topological polar surface area (TPSA) is 52.4 Å². The van der Waals surface area contributed by atoms with Gasteiger partial charge in [-0.3, -0.25) is 10.1 Å². The van der Waals surface area contributed by atoms with Crippen molar-refractivity contribution < 1.29 is 18.4 Å². The van der Waals surface area contributed by atoms with E-state index in [1.165, 1.54) is 0 Å². The molecule has 0 spiro atoms. The zero-order valence-corrected chi connectivity index (χ0v) is 8.99. The van der Waals surface area contributed by atoms with E-state index in [-0.39, 0.29) is 6.10 Å². The quantitative estimate of drug-likeness (QED) is 0.605. The van der Waals surface area contributed by atoms with Gasteiger partial charge in [0.2, 0.25) is 5.82 Å². The lowest BCUT2D eigenvalue weighted by molar-refractivity contribution is -0.387. The predicted molar refractivity (Wildman–Crippen MR) is 55.9 cm³/mol. The number of benzene rings is 1. The minimum absolute atomic E-state index is 0.249. The van der Waals surface area contributed by atoms with Gasteiger partial charge in [-0.2, -0.15) is 4.39 Å². The van der Waals surface area contributed by atoms with Crippen LogP contribution < -0.4 is 4.74 Å². The molecule has 0 unspecified atom stereocenters. The van der Waals surface area contributed by atoms with Crippen LogP contribution in [-0.2, 0) is 0 Å². The Kier molecular flexibility index (Phi) is 3.21. The van der Waals surface area contributed by atoms with Gasteiger partial charge in [0.05, 0.1) is 11.0 Å². The molecule has 0 heterocycles. The largest absolute Gasteiger partial charge is 0.484 e. The molecule has 6 heteroatoms. The highest BCUT2D eigenvalue weighted by Crippen LogP contribution is 2.32. The molecule has 92 valence electrons. The Hall–Kier alpha value is -1.72. The molecule has 0 amide bonds. The van der Waals surface area contributed by atoms with Crippen molar-refractivity contribution in [1.82, 2.24) is 0 Å². The molecule has 4 nitrogen and oxygen atoms in total. The smallest absolute Gasteiger partial charge is 0.308 e. The van der Waals surface area contributed by atoms with E-state index in [0.717, 1.165) is 37.8 Å². The highest BCUT2D eigenvalue weighted by Gasteiger charge is 2.26.